The minimum absolute atomic E-state index is 0.0257. The molecule has 0 bridgehead atoms. The second-order valence-electron chi connectivity index (χ2n) is 8.74. The van der Waals surface area contributed by atoms with Gasteiger partial charge in [-0.15, -0.1) is 6.58 Å². The van der Waals surface area contributed by atoms with Crippen LogP contribution in [0.1, 0.15) is 34.7 Å². The van der Waals surface area contributed by atoms with Crippen LogP contribution >= 0.6 is 12.2 Å². The van der Waals surface area contributed by atoms with E-state index in [2.05, 4.69) is 18.0 Å². The molecular formula is C31H27N3O4S. The van der Waals surface area contributed by atoms with E-state index in [0.717, 1.165) is 23.1 Å². The summed E-state index contributed by atoms with van der Waals surface area (Å²) in [6.07, 6.45) is 4.54. The molecule has 1 saturated heterocycles. The average Bonchev–Trinajstić information content (AvgIpc) is 2.95. The first-order chi connectivity index (χ1) is 18.9. The number of methoxy groups -OCH3 is 1. The molecule has 3 aromatic rings. The fraction of sp³-hybridized carbons (Fsp3) is 0.161. The Labute approximate surface area is 233 Å². The van der Waals surface area contributed by atoms with Crippen molar-refractivity contribution < 1.29 is 19.1 Å². The summed E-state index contributed by atoms with van der Waals surface area (Å²) in [7, 11) is 1.51. The third-order valence-corrected chi connectivity index (χ3v) is 6.55. The van der Waals surface area contributed by atoms with Gasteiger partial charge in [-0.25, -0.2) is 0 Å². The number of benzene rings is 3. The molecule has 1 aliphatic heterocycles. The van der Waals surface area contributed by atoms with E-state index in [-0.39, 0.29) is 17.3 Å². The van der Waals surface area contributed by atoms with Gasteiger partial charge in [0.15, 0.2) is 16.6 Å². The lowest BCUT2D eigenvalue weighted by atomic mass is 10.0. The van der Waals surface area contributed by atoms with Gasteiger partial charge in [0, 0.05) is 11.1 Å². The van der Waals surface area contributed by atoms with E-state index in [0.29, 0.717) is 34.7 Å². The molecule has 8 heteroatoms. The Kier molecular flexibility index (Phi) is 8.54. The smallest absolute Gasteiger partial charge is 0.270 e. The van der Waals surface area contributed by atoms with E-state index in [1.165, 1.54) is 18.1 Å². The molecule has 0 spiro atoms. The number of ether oxygens (including phenoxy) is 2. The molecule has 4 rings (SSSR count). The molecule has 1 heterocycles. The molecule has 1 N–H and O–H groups in total. The van der Waals surface area contributed by atoms with Gasteiger partial charge in [0.1, 0.15) is 12.2 Å². The van der Waals surface area contributed by atoms with E-state index >= 15 is 0 Å². The molecule has 2 amide bonds. The standard InChI is InChI=1S/C31H27N3O4S/c1-4-8-22-15-21(17-27(37-3)28(22)38-19-24-10-7-6-9-23(24)18-32)16-26-29(35)33-31(39)34(30(26)36)25-13-11-20(5-2)12-14-25/h4,6-7,9-17H,1,5,8,19H2,2-3H3,(H,33,35,39)/b26-16+. The molecule has 0 unspecified atom stereocenters. The van der Waals surface area contributed by atoms with Gasteiger partial charge in [-0.05, 0) is 72.6 Å². The maximum absolute atomic E-state index is 13.5. The number of nitrogens with zero attached hydrogens (tertiary/aromatic N) is 2. The number of hydrogen-bond donors (Lipinski definition) is 1. The summed E-state index contributed by atoms with van der Waals surface area (Å²) in [5.74, 6) is -0.192. The second kappa shape index (κ2) is 12.2. The first-order valence-corrected chi connectivity index (χ1v) is 12.7. The molecule has 3 aromatic carbocycles. The first-order valence-electron chi connectivity index (χ1n) is 12.3. The van der Waals surface area contributed by atoms with Crippen molar-refractivity contribution >= 4 is 40.9 Å². The zero-order chi connectivity index (χ0) is 27.9. The van der Waals surface area contributed by atoms with E-state index in [9.17, 15) is 14.9 Å². The number of nitrogens with one attached hydrogen (secondary N) is 1. The van der Waals surface area contributed by atoms with Crippen LogP contribution in [0.5, 0.6) is 11.5 Å². The number of amides is 2. The summed E-state index contributed by atoms with van der Waals surface area (Å²) < 4.78 is 11.7. The maximum atomic E-state index is 13.5. The lowest BCUT2D eigenvalue weighted by molar-refractivity contribution is -0.122. The van der Waals surface area contributed by atoms with E-state index in [4.69, 9.17) is 21.7 Å². The fourth-order valence-corrected chi connectivity index (χ4v) is 4.51. The lowest BCUT2D eigenvalue weighted by Crippen LogP contribution is -2.54. The topological polar surface area (TPSA) is 91.7 Å². The Morgan fingerprint density at radius 1 is 1.10 bits per heavy atom. The van der Waals surface area contributed by atoms with Crippen molar-refractivity contribution in [3.05, 3.63) is 107 Å². The molecule has 39 heavy (non-hydrogen) atoms. The summed E-state index contributed by atoms with van der Waals surface area (Å²) >= 11 is 5.32. The van der Waals surface area contributed by atoms with Crippen molar-refractivity contribution in [2.45, 2.75) is 26.4 Å². The number of anilines is 1. The van der Waals surface area contributed by atoms with Crippen LogP contribution < -0.4 is 19.7 Å². The van der Waals surface area contributed by atoms with Crippen LogP contribution in [0.25, 0.3) is 6.08 Å². The van der Waals surface area contributed by atoms with Crippen LogP contribution in [-0.2, 0) is 29.0 Å². The van der Waals surface area contributed by atoms with Crippen LogP contribution in [-0.4, -0.2) is 24.0 Å². The van der Waals surface area contributed by atoms with Crippen molar-refractivity contribution in [2.75, 3.05) is 12.0 Å². The number of rotatable bonds is 9. The zero-order valence-electron chi connectivity index (χ0n) is 21.7. The van der Waals surface area contributed by atoms with E-state index in [1.807, 2.05) is 37.3 Å². The minimum Gasteiger partial charge on any atom is -0.493 e. The monoisotopic (exact) mass is 537 g/mol. The van der Waals surface area contributed by atoms with Gasteiger partial charge in [-0.3, -0.25) is 19.8 Å². The number of aryl methyl sites for hydroxylation is 1. The SMILES string of the molecule is C=CCc1cc(/C=C2\C(=O)NC(=S)N(c3ccc(CC)cc3)C2=O)cc(OC)c1OCc1ccccc1C#N. The molecule has 0 radical (unpaired) electrons. The molecule has 0 aromatic heterocycles. The summed E-state index contributed by atoms with van der Waals surface area (Å²) in [6.45, 7) is 6.04. The van der Waals surface area contributed by atoms with Crippen molar-refractivity contribution in [1.82, 2.24) is 5.32 Å². The Hall–Kier alpha value is -4.74. The Morgan fingerprint density at radius 3 is 2.51 bits per heavy atom. The van der Waals surface area contributed by atoms with Crippen LogP contribution in [0.2, 0.25) is 0 Å². The highest BCUT2D eigenvalue weighted by Crippen LogP contribution is 2.35. The van der Waals surface area contributed by atoms with Crippen molar-refractivity contribution in [2.24, 2.45) is 0 Å². The number of carbonyl (C=O) groups excluding carboxylic acids is 2. The van der Waals surface area contributed by atoms with Crippen LogP contribution in [0, 0.1) is 11.3 Å². The zero-order valence-corrected chi connectivity index (χ0v) is 22.5. The van der Waals surface area contributed by atoms with Gasteiger partial charge in [0.05, 0.1) is 24.4 Å². The van der Waals surface area contributed by atoms with Crippen LogP contribution in [0.3, 0.4) is 0 Å². The van der Waals surface area contributed by atoms with Gasteiger partial charge in [-0.2, -0.15) is 5.26 Å². The fourth-order valence-electron chi connectivity index (χ4n) is 4.23. The number of carbonyl (C=O) groups is 2. The predicted molar refractivity (Wildman–Crippen MR) is 154 cm³/mol. The Bertz CT molecular complexity index is 1520. The molecule has 1 fully saturated rings. The minimum atomic E-state index is -0.580. The lowest BCUT2D eigenvalue weighted by Gasteiger charge is -2.29. The number of allylic oxidation sites excluding steroid dienone is 1. The molecule has 0 atom stereocenters. The van der Waals surface area contributed by atoms with Gasteiger partial charge in [-0.1, -0.05) is 43.3 Å². The molecule has 1 aliphatic rings. The summed E-state index contributed by atoms with van der Waals surface area (Å²) in [5, 5.41) is 12.0. The van der Waals surface area contributed by atoms with Crippen LogP contribution in [0.15, 0.2) is 78.9 Å². The quantitative estimate of drug-likeness (QED) is 0.173. The Morgan fingerprint density at radius 2 is 1.85 bits per heavy atom. The Balaban J connectivity index is 1.70. The average molecular weight is 538 g/mol. The first kappa shape index (κ1) is 27.3. The van der Waals surface area contributed by atoms with Gasteiger partial charge in [0.2, 0.25) is 0 Å². The third kappa shape index (κ3) is 5.89. The van der Waals surface area contributed by atoms with Gasteiger partial charge < -0.3 is 9.47 Å². The molecule has 196 valence electrons. The number of nitriles is 1. The van der Waals surface area contributed by atoms with E-state index in [1.54, 1.807) is 36.4 Å². The maximum Gasteiger partial charge on any atom is 0.270 e. The van der Waals surface area contributed by atoms with Crippen LogP contribution in [0.4, 0.5) is 5.69 Å². The highest BCUT2D eigenvalue weighted by molar-refractivity contribution is 7.80. The highest BCUT2D eigenvalue weighted by atomic mass is 32.1. The van der Waals surface area contributed by atoms with Gasteiger partial charge >= 0.3 is 0 Å². The summed E-state index contributed by atoms with van der Waals surface area (Å²) in [4.78, 5) is 27.6. The van der Waals surface area contributed by atoms with Crippen molar-refractivity contribution in [3.63, 3.8) is 0 Å². The van der Waals surface area contributed by atoms with Crippen molar-refractivity contribution in [1.29, 1.82) is 5.26 Å². The van der Waals surface area contributed by atoms with Crippen molar-refractivity contribution in [3.8, 4) is 17.6 Å². The predicted octanol–water partition coefficient (Wildman–Crippen LogP) is 5.27. The molecule has 0 aliphatic carbocycles. The molecule has 0 saturated carbocycles. The molecule has 7 nitrogen and oxygen atoms in total. The summed E-state index contributed by atoms with van der Waals surface area (Å²) in [5.41, 5.74) is 4.21. The largest absolute Gasteiger partial charge is 0.493 e. The number of hydrogen-bond acceptors (Lipinski definition) is 6. The normalized spacial score (nSPS) is 14.1. The molecular weight excluding hydrogens is 510 g/mol. The second-order valence-corrected chi connectivity index (χ2v) is 9.13. The van der Waals surface area contributed by atoms with Gasteiger partial charge in [0.25, 0.3) is 11.8 Å². The van der Waals surface area contributed by atoms with E-state index < -0.39 is 11.8 Å². The highest BCUT2D eigenvalue weighted by Gasteiger charge is 2.34. The number of thiocarbonyl (C=S) groups is 1. The third-order valence-electron chi connectivity index (χ3n) is 6.26. The summed E-state index contributed by atoms with van der Waals surface area (Å²) in [6, 6.07) is 20.3.